The van der Waals surface area contributed by atoms with E-state index in [0.717, 1.165) is 19.4 Å². The average Bonchev–Trinajstić information content (AvgIpc) is 3.19. The highest BCUT2D eigenvalue weighted by molar-refractivity contribution is 5.92. The molecule has 150 valence electrons. The Morgan fingerprint density at radius 1 is 1.17 bits per heavy atom. The van der Waals surface area contributed by atoms with Crippen molar-refractivity contribution in [2.75, 3.05) is 18.4 Å². The minimum Gasteiger partial charge on any atom is -0.338 e. The molecule has 4 rings (SSSR count). The van der Waals surface area contributed by atoms with Crippen LogP contribution in [-0.2, 0) is 11.3 Å². The first-order chi connectivity index (χ1) is 14.1. The molecule has 1 fully saturated rings. The molecule has 29 heavy (non-hydrogen) atoms. The summed E-state index contributed by atoms with van der Waals surface area (Å²) in [7, 11) is 0. The third-order valence-electron chi connectivity index (χ3n) is 4.94. The minimum atomic E-state index is -0.451. The van der Waals surface area contributed by atoms with E-state index in [1.807, 2.05) is 0 Å². The number of hydrogen-bond acceptors (Lipinski definition) is 5. The Morgan fingerprint density at radius 2 is 1.97 bits per heavy atom. The number of carbonyl (C=O) groups excluding carboxylic acids is 1. The fourth-order valence-corrected chi connectivity index (χ4v) is 3.44. The van der Waals surface area contributed by atoms with Crippen LogP contribution in [0.1, 0.15) is 18.7 Å². The highest BCUT2D eigenvalue weighted by atomic mass is 19.1. The second-order valence-corrected chi connectivity index (χ2v) is 7.06. The van der Waals surface area contributed by atoms with E-state index in [1.54, 1.807) is 30.3 Å². The zero-order valence-electron chi connectivity index (χ0n) is 15.6. The predicted octanol–water partition coefficient (Wildman–Crippen LogP) is 3.87. The zero-order chi connectivity index (χ0) is 20.2. The molecule has 8 heteroatoms. The number of anilines is 1. The summed E-state index contributed by atoms with van der Waals surface area (Å²) in [5.41, 5.74) is 0.859. The van der Waals surface area contributed by atoms with Gasteiger partial charge in [0.25, 0.3) is 0 Å². The molecule has 2 aromatic carbocycles. The summed E-state index contributed by atoms with van der Waals surface area (Å²) in [6.07, 6.45) is 1.58. The highest BCUT2D eigenvalue weighted by Crippen LogP contribution is 2.22. The van der Waals surface area contributed by atoms with Gasteiger partial charge in [-0.05, 0) is 55.8 Å². The second-order valence-electron chi connectivity index (χ2n) is 7.06. The summed E-state index contributed by atoms with van der Waals surface area (Å²) in [5.74, 6) is -0.399. The van der Waals surface area contributed by atoms with Gasteiger partial charge < -0.3 is 9.84 Å². The van der Waals surface area contributed by atoms with Crippen molar-refractivity contribution in [2.24, 2.45) is 5.92 Å². The molecule has 6 nitrogen and oxygen atoms in total. The van der Waals surface area contributed by atoms with Crippen LogP contribution in [0.2, 0.25) is 0 Å². The summed E-state index contributed by atoms with van der Waals surface area (Å²) in [6.45, 7) is 1.74. The molecule has 1 aromatic heterocycles. The van der Waals surface area contributed by atoms with Gasteiger partial charge >= 0.3 is 0 Å². The third-order valence-corrected chi connectivity index (χ3v) is 4.94. The van der Waals surface area contributed by atoms with Crippen LogP contribution in [0, 0.1) is 17.6 Å². The van der Waals surface area contributed by atoms with Crippen molar-refractivity contribution < 1.29 is 18.1 Å². The van der Waals surface area contributed by atoms with E-state index in [4.69, 9.17) is 4.52 Å². The standard InChI is InChI=1S/C21H20F2N4O2/c22-16-9-7-14(8-10-16)20-25-19(29-26-20)13-27-11-3-4-15(12-27)21(28)24-18-6-2-1-5-17(18)23/h1-2,5-10,15H,3-4,11-13H2,(H,24,28). The van der Waals surface area contributed by atoms with Crippen LogP contribution in [0.15, 0.2) is 53.1 Å². The maximum Gasteiger partial charge on any atom is 0.241 e. The second kappa shape index (κ2) is 8.48. The summed E-state index contributed by atoms with van der Waals surface area (Å²) >= 11 is 0. The van der Waals surface area contributed by atoms with Gasteiger partial charge in [0.15, 0.2) is 0 Å². The fraction of sp³-hybridized carbons (Fsp3) is 0.286. The Kier molecular flexibility index (Phi) is 5.62. The number of carbonyl (C=O) groups is 1. The van der Waals surface area contributed by atoms with Crippen LogP contribution < -0.4 is 5.32 Å². The molecule has 1 amide bonds. The van der Waals surface area contributed by atoms with Gasteiger partial charge in [-0.15, -0.1) is 0 Å². The van der Waals surface area contributed by atoms with Gasteiger partial charge in [-0.3, -0.25) is 9.69 Å². The molecule has 0 radical (unpaired) electrons. The van der Waals surface area contributed by atoms with Crippen molar-refractivity contribution >= 4 is 11.6 Å². The maximum atomic E-state index is 13.8. The highest BCUT2D eigenvalue weighted by Gasteiger charge is 2.27. The number of piperidine rings is 1. The van der Waals surface area contributed by atoms with Crippen molar-refractivity contribution in [3.8, 4) is 11.4 Å². The number of hydrogen-bond donors (Lipinski definition) is 1. The van der Waals surface area contributed by atoms with E-state index >= 15 is 0 Å². The van der Waals surface area contributed by atoms with Crippen molar-refractivity contribution in [3.63, 3.8) is 0 Å². The van der Waals surface area contributed by atoms with Gasteiger partial charge in [-0.25, -0.2) is 8.78 Å². The Hall–Kier alpha value is -3.13. The zero-order valence-corrected chi connectivity index (χ0v) is 15.6. The van der Waals surface area contributed by atoms with Crippen molar-refractivity contribution in [3.05, 3.63) is 66.1 Å². The third kappa shape index (κ3) is 4.65. The molecule has 1 N–H and O–H groups in total. The van der Waals surface area contributed by atoms with E-state index in [9.17, 15) is 13.6 Å². The monoisotopic (exact) mass is 398 g/mol. The molecule has 1 aliphatic rings. The maximum absolute atomic E-state index is 13.8. The van der Waals surface area contributed by atoms with Crippen molar-refractivity contribution in [1.82, 2.24) is 15.0 Å². The Bertz CT molecular complexity index is 990. The number of rotatable bonds is 5. The first-order valence-electron chi connectivity index (χ1n) is 9.45. The van der Waals surface area contributed by atoms with Crippen molar-refractivity contribution in [1.29, 1.82) is 0 Å². The topological polar surface area (TPSA) is 71.3 Å². The summed E-state index contributed by atoms with van der Waals surface area (Å²) in [4.78, 5) is 19.0. The smallest absolute Gasteiger partial charge is 0.241 e. The van der Waals surface area contributed by atoms with Gasteiger partial charge in [0.1, 0.15) is 11.6 Å². The van der Waals surface area contributed by atoms with Crippen LogP contribution >= 0.6 is 0 Å². The normalized spacial score (nSPS) is 17.2. The molecule has 1 unspecified atom stereocenters. The molecule has 0 bridgehead atoms. The molecule has 1 aliphatic heterocycles. The lowest BCUT2D eigenvalue weighted by Crippen LogP contribution is -2.40. The van der Waals surface area contributed by atoms with E-state index in [1.165, 1.54) is 18.2 Å². The summed E-state index contributed by atoms with van der Waals surface area (Å²) in [6, 6.07) is 12.0. The quantitative estimate of drug-likeness (QED) is 0.707. The van der Waals surface area contributed by atoms with Crippen LogP contribution in [-0.4, -0.2) is 34.0 Å². The van der Waals surface area contributed by atoms with Gasteiger partial charge in [0.05, 0.1) is 18.2 Å². The Balaban J connectivity index is 1.37. The molecule has 0 aliphatic carbocycles. The molecule has 0 spiro atoms. The average molecular weight is 398 g/mol. The molecule has 1 atom stereocenters. The number of halogens is 2. The minimum absolute atomic E-state index is 0.190. The number of aromatic nitrogens is 2. The number of nitrogens with zero attached hydrogens (tertiary/aromatic N) is 3. The molecule has 3 aromatic rings. The number of benzene rings is 2. The first kappa shape index (κ1) is 19.2. The Morgan fingerprint density at radius 3 is 2.76 bits per heavy atom. The lowest BCUT2D eigenvalue weighted by Gasteiger charge is -2.30. The van der Waals surface area contributed by atoms with Gasteiger partial charge in [0.2, 0.25) is 17.6 Å². The lowest BCUT2D eigenvalue weighted by atomic mass is 9.97. The first-order valence-corrected chi connectivity index (χ1v) is 9.45. The number of para-hydroxylation sites is 1. The molecule has 2 heterocycles. The number of likely N-dealkylation sites (tertiary alicyclic amines) is 1. The molecule has 1 saturated heterocycles. The summed E-state index contributed by atoms with van der Waals surface area (Å²) < 4.78 is 32.1. The van der Waals surface area contributed by atoms with E-state index < -0.39 is 5.82 Å². The predicted molar refractivity (Wildman–Crippen MR) is 103 cm³/mol. The molecule has 0 saturated carbocycles. The summed E-state index contributed by atoms with van der Waals surface area (Å²) in [5, 5.41) is 6.62. The number of amides is 1. The van der Waals surface area contributed by atoms with E-state index in [-0.39, 0.29) is 23.3 Å². The SMILES string of the molecule is O=C(Nc1ccccc1F)C1CCCN(Cc2nc(-c3ccc(F)cc3)no2)C1. The van der Waals surface area contributed by atoms with Gasteiger partial charge in [-0.1, -0.05) is 17.3 Å². The van der Waals surface area contributed by atoms with Crippen LogP contribution in [0.5, 0.6) is 0 Å². The van der Waals surface area contributed by atoms with E-state index in [2.05, 4.69) is 20.4 Å². The van der Waals surface area contributed by atoms with Gasteiger partial charge in [-0.2, -0.15) is 4.98 Å². The molecular weight excluding hydrogens is 378 g/mol. The van der Waals surface area contributed by atoms with Crippen molar-refractivity contribution in [2.45, 2.75) is 19.4 Å². The lowest BCUT2D eigenvalue weighted by molar-refractivity contribution is -0.121. The number of nitrogens with one attached hydrogen (secondary N) is 1. The largest absolute Gasteiger partial charge is 0.338 e. The Labute approximate surface area is 166 Å². The van der Waals surface area contributed by atoms with Crippen LogP contribution in [0.4, 0.5) is 14.5 Å². The fourth-order valence-electron chi connectivity index (χ4n) is 3.44. The van der Waals surface area contributed by atoms with E-state index in [0.29, 0.717) is 30.4 Å². The van der Waals surface area contributed by atoms with Crippen LogP contribution in [0.3, 0.4) is 0 Å². The van der Waals surface area contributed by atoms with Gasteiger partial charge in [0, 0.05) is 12.1 Å². The molecular formula is C21H20F2N4O2. The van der Waals surface area contributed by atoms with Crippen LogP contribution in [0.25, 0.3) is 11.4 Å².